The Morgan fingerprint density at radius 2 is 2.24 bits per heavy atom. The van der Waals surface area contributed by atoms with Crippen molar-refractivity contribution >= 4 is 22.3 Å². The Balaban J connectivity index is 2.62. The van der Waals surface area contributed by atoms with Crippen LogP contribution in [0.3, 0.4) is 0 Å². The average Bonchev–Trinajstić information content (AvgIpc) is 2.45. The quantitative estimate of drug-likeness (QED) is 0.653. The monoisotopic (exact) mass is 293 g/mol. The van der Waals surface area contributed by atoms with E-state index in [0.29, 0.717) is 0 Å². The van der Waals surface area contributed by atoms with Crippen LogP contribution < -0.4 is 5.32 Å². The summed E-state index contributed by atoms with van der Waals surface area (Å²) in [5.41, 5.74) is -0.0708. The molecule has 1 aromatic carbocycles. The lowest BCUT2D eigenvalue weighted by atomic mass is 10.0. The predicted molar refractivity (Wildman–Crippen MR) is 77.7 cm³/mol. The molecule has 0 saturated heterocycles. The van der Waals surface area contributed by atoms with Crippen LogP contribution in [-0.4, -0.2) is 27.7 Å². The SMILES string of the molecule is CC(C)C(CO)Nc1c(F)cc([N+](=O)[O-])c2cccnc12. The van der Waals surface area contributed by atoms with Crippen LogP contribution in [0.1, 0.15) is 13.8 Å². The number of nitrogens with zero attached hydrogens (tertiary/aromatic N) is 2. The molecule has 0 fully saturated rings. The number of halogens is 1. The molecule has 2 rings (SSSR count). The van der Waals surface area contributed by atoms with E-state index in [-0.39, 0.29) is 40.8 Å². The molecule has 1 unspecified atom stereocenters. The zero-order chi connectivity index (χ0) is 15.6. The molecule has 0 spiro atoms. The second-order valence-corrected chi connectivity index (χ2v) is 5.09. The van der Waals surface area contributed by atoms with Crippen molar-refractivity contribution < 1.29 is 14.4 Å². The Bertz CT molecular complexity index is 676. The van der Waals surface area contributed by atoms with Crippen molar-refractivity contribution in [2.75, 3.05) is 11.9 Å². The van der Waals surface area contributed by atoms with Gasteiger partial charge in [0.05, 0.1) is 34.7 Å². The largest absolute Gasteiger partial charge is 0.394 e. The van der Waals surface area contributed by atoms with E-state index in [0.717, 1.165) is 6.07 Å². The van der Waals surface area contributed by atoms with Crippen LogP contribution in [0.5, 0.6) is 0 Å². The fourth-order valence-corrected chi connectivity index (χ4v) is 2.09. The van der Waals surface area contributed by atoms with Crippen molar-refractivity contribution in [2.45, 2.75) is 19.9 Å². The minimum atomic E-state index is -0.757. The van der Waals surface area contributed by atoms with Crippen molar-refractivity contribution in [3.63, 3.8) is 0 Å². The van der Waals surface area contributed by atoms with E-state index in [2.05, 4.69) is 10.3 Å². The maximum absolute atomic E-state index is 14.2. The maximum Gasteiger partial charge on any atom is 0.281 e. The summed E-state index contributed by atoms with van der Waals surface area (Å²) in [5, 5.41) is 23.5. The number of nitrogens with one attached hydrogen (secondary N) is 1. The highest BCUT2D eigenvalue weighted by atomic mass is 19.1. The molecule has 0 bridgehead atoms. The number of pyridine rings is 1. The number of nitro groups is 1. The first kappa shape index (κ1) is 15.1. The van der Waals surface area contributed by atoms with Gasteiger partial charge in [0.2, 0.25) is 0 Å². The smallest absolute Gasteiger partial charge is 0.281 e. The summed E-state index contributed by atoms with van der Waals surface area (Å²) in [4.78, 5) is 14.4. The van der Waals surface area contributed by atoms with Crippen molar-refractivity contribution in [2.24, 2.45) is 5.92 Å². The van der Waals surface area contributed by atoms with Gasteiger partial charge in [0.15, 0.2) is 5.82 Å². The number of aliphatic hydroxyl groups is 1. The highest BCUT2D eigenvalue weighted by Crippen LogP contribution is 2.33. The van der Waals surface area contributed by atoms with Gasteiger partial charge in [0, 0.05) is 6.20 Å². The number of nitro benzene ring substituents is 1. The third-order valence-corrected chi connectivity index (χ3v) is 3.35. The second kappa shape index (κ2) is 6.01. The Kier molecular flexibility index (Phi) is 4.32. The van der Waals surface area contributed by atoms with E-state index in [1.807, 2.05) is 13.8 Å². The highest BCUT2D eigenvalue weighted by molar-refractivity contribution is 5.97. The molecule has 2 aromatic rings. The molecule has 112 valence electrons. The van der Waals surface area contributed by atoms with Gasteiger partial charge in [-0.2, -0.15) is 0 Å². The Hall–Kier alpha value is -2.28. The lowest BCUT2D eigenvalue weighted by Gasteiger charge is -2.22. The third-order valence-electron chi connectivity index (χ3n) is 3.35. The summed E-state index contributed by atoms with van der Waals surface area (Å²) in [6.07, 6.45) is 1.44. The molecule has 7 heteroatoms. The number of aliphatic hydroxyl groups excluding tert-OH is 1. The number of hydrogen-bond donors (Lipinski definition) is 2. The van der Waals surface area contributed by atoms with Crippen molar-refractivity contribution in [1.82, 2.24) is 4.98 Å². The summed E-state index contributed by atoms with van der Waals surface area (Å²) < 4.78 is 14.2. The van der Waals surface area contributed by atoms with Crippen LogP contribution in [0.25, 0.3) is 10.9 Å². The molecule has 0 amide bonds. The van der Waals surface area contributed by atoms with Crippen LogP contribution in [-0.2, 0) is 0 Å². The normalized spacial score (nSPS) is 12.6. The highest BCUT2D eigenvalue weighted by Gasteiger charge is 2.22. The molecule has 0 aliphatic heterocycles. The fourth-order valence-electron chi connectivity index (χ4n) is 2.09. The standard InChI is InChI=1S/C14H16FN3O3/c1-8(2)11(7-19)17-14-10(15)6-12(18(20)21)9-4-3-5-16-13(9)14/h3-6,8,11,17,19H,7H2,1-2H3. The number of anilines is 1. The van der Waals surface area contributed by atoms with Gasteiger partial charge in [-0.25, -0.2) is 4.39 Å². The Labute approximate surface area is 120 Å². The van der Waals surface area contributed by atoms with Crippen molar-refractivity contribution in [3.8, 4) is 0 Å². The van der Waals surface area contributed by atoms with E-state index in [1.54, 1.807) is 6.07 Å². The molecule has 21 heavy (non-hydrogen) atoms. The van der Waals surface area contributed by atoms with Gasteiger partial charge in [0.25, 0.3) is 5.69 Å². The molecule has 0 radical (unpaired) electrons. The number of non-ortho nitro benzene ring substituents is 1. The first-order chi connectivity index (χ1) is 9.95. The summed E-state index contributed by atoms with van der Waals surface area (Å²) in [7, 11) is 0. The molecule has 6 nitrogen and oxygen atoms in total. The average molecular weight is 293 g/mol. The Morgan fingerprint density at radius 1 is 1.52 bits per heavy atom. The van der Waals surface area contributed by atoms with Gasteiger partial charge in [-0.1, -0.05) is 13.8 Å². The predicted octanol–water partition coefficient (Wildman–Crippen LogP) is 2.71. The van der Waals surface area contributed by atoms with Gasteiger partial charge < -0.3 is 10.4 Å². The number of aromatic nitrogens is 1. The number of hydrogen-bond acceptors (Lipinski definition) is 5. The van der Waals surface area contributed by atoms with Crippen LogP contribution in [0.2, 0.25) is 0 Å². The topological polar surface area (TPSA) is 88.3 Å². The summed E-state index contributed by atoms with van der Waals surface area (Å²) in [5.74, 6) is -0.699. The first-order valence-electron chi connectivity index (χ1n) is 6.54. The van der Waals surface area contributed by atoms with Gasteiger partial charge in [-0.05, 0) is 18.1 Å². The molecule has 0 saturated carbocycles. The van der Waals surface area contributed by atoms with E-state index in [9.17, 15) is 19.6 Å². The van der Waals surface area contributed by atoms with Gasteiger partial charge in [-0.3, -0.25) is 15.1 Å². The maximum atomic E-state index is 14.2. The third kappa shape index (κ3) is 2.92. The zero-order valence-electron chi connectivity index (χ0n) is 11.7. The molecule has 0 aliphatic carbocycles. The summed E-state index contributed by atoms with van der Waals surface area (Å²) >= 11 is 0. The lowest BCUT2D eigenvalue weighted by molar-refractivity contribution is -0.383. The zero-order valence-corrected chi connectivity index (χ0v) is 11.7. The van der Waals surface area contributed by atoms with Crippen LogP contribution >= 0.6 is 0 Å². The van der Waals surface area contributed by atoms with Crippen molar-refractivity contribution in [1.29, 1.82) is 0 Å². The molecule has 1 aromatic heterocycles. The number of benzene rings is 1. The van der Waals surface area contributed by atoms with Crippen LogP contribution in [0.15, 0.2) is 24.4 Å². The summed E-state index contributed by atoms with van der Waals surface area (Å²) in [6, 6.07) is 3.59. The van der Waals surface area contributed by atoms with Gasteiger partial charge >= 0.3 is 0 Å². The minimum Gasteiger partial charge on any atom is -0.394 e. The number of fused-ring (bicyclic) bond motifs is 1. The Morgan fingerprint density at radius 3 is 2.81 bits per heavy atom. The fraction of sp³-hybridized carbons (Fsp3) is 0.357. The lowest BCUT2D eigenvalue weighted by Crippen LogP contribution is -2.30. The minimum absolute atomic E-state index is 0.0587. The second-order valence-electron chi connectivity index (χ2n) is 5.09. The first-order valence-corrected chi connectivity index (χ1v) is 6.54. The van der Waals surface area contributed by atoms with Crippen molar-refractivity contribution in [3.05, 3.63) is 40.3 Å². The van der Waals surface area contributed by atoms with Crippen LogP contribution in [0, 0.1) is 21.8 Å². The van der Waals surface area contributed by atoms with Gasteiger partial charge in [0.1, 0.15) is 5.52 Å². The van der Waals surface area contributed by atoms with E-state index in [4.69, 9.17) is 0 Å². The summed E-state index contributed by atoms with van der Waals surface area (Å²) in [6.45, 7) is 3.59. The molecule has 1 atom stereocenters. The molecule has 1 heterocycles. The molecular weight excluding hydrogens is 277 g/mol. The number of rotatable bonds is 5. The van der Waals surface area contributed by atoms with Gasteiger partial charge in [-0.15, -0.1) is 0 Å². The van der Waals surface area contributed by atoms with E-state index >= 15 is 0 Å². The molecule has 2 N–H and O–H groups in total. The van der Waals surface area contributed by atoms with E-state index in [1.165, 1.54) is 12.3 Å². The van der Waals surface area contributed by atoms with E-state index < -0.39 is 10.7 Å². The van der Waals surface area contributed by atoms with Crippen LogP contribution in [0.4, 0.5) is 15.8 Å². The molecule has 0 aliphatic rings. The molecular formula is C14H16FN3O3.